The van der Waals surface area contributed by atoms with Gasteiger partial charge in [0.05, 0.1) is 30.2 Å². The van der Waals surface area contributed by atoms with Crippen molar-refractivity contribution >= 4 is 17.3 Å². The van der Waals surface area contributed by atoms with Gasteiger partial charge in [-0.05, 0) is 25.1 Å². The zero-order chi connectivity index (χ0) is 15.2. The zero-order valence-electron chi connectivity index (χ0n) is 10.8. The van der Waals surface area contributed by atoms with Crippen molar-refractivity contribution in [2.24, 2.45) is 0 Å². The zero-order valence-corrected chi connectivity index (χ0v) is 10.8. The van der Waals surface area contributed by atoms with Gasteiger partial charge in [-0.1, -0.05) is 0 Å². The van der Waals surface area contributed by atoms with Gasteiger partial charge in [-0.3, -0.25) is 4.74 Å². The lowest BCUT2D eigenvalue weighted by atomic mass is 10.1. The van der Waals surface area contributed by atoms with E-state index in [1.165, 1.54) is 18.2 Å². The molecule has 0 saturated carbocycles. The van der Waals surface area contributed by atoms with Gasteiger partial charge in [0.1, 0.15) is 0 Å². The number of halogens is 3. The minimum atomic E-state index is -4.65. The number of anilines is 2. The first-order valence-electron chi connectivity index (χ1n) is 5.84. The summed E-state index contributed by atoms with van der Waals surface area (Å²) in [5.74, 6) is -0.508. The number of carbonyl (C=O) groups is 1. The summed E-state index contributed by atoms with van der Waals surface area (Å²) in [6.45, 7) is 1.32. The van der Waals surface area contributed by atoms with Crippen LogP contribution in [0.15, 0.2) is 18.2 Å². The van der Waals surface area contributed by atoms with Crippen LogP contribution < -0.4 is 11.1 Å². The van der Waals surface area contributed by atoms with E-state index in [1.807, 2.05) is 0 Å². The molecule has 0 bridgehead atoms. The van der Waals surface area contributed by atoms with E-state index in [4.69, 9.17) is 10.5 Å². The fourth-order valence-electron chi connectivity index (χ4n) is 1.42. The van der Waals surface area contributed by atoms with Crippen LogP contribution in [0.1, 0.15) is 17.3 Å². The van der Waals surface area contributed by atoms with E-state index in [0.29, 0.717) is 5.69 Å². The molecule has 1 aromatic rings. The topological polar surface area (TPSA) is 73.6 Å². The molecule has 3 N–H and O–H groups in total. The Labute approximate surface area is 113 Å². The highest BCUT2D eigenvalue weighted by Gasteiger charge is 2.28. The Balaban J connectivity index is 2.54. The third-order valence-corrected chi connectivity index (χ3v) is 2.25. The maximum Gasteiger partial charge on any atom is 0.522 e. The number of carbonyl (C=O) groups excluding carboxylic acids is 1. The summed E-state index contributed by atoms with van der Waals surface area (Å²) in [5.41, 5.74) is 6.63. The molecule has 0 amide bonds. The highest BCUT2D eigenvalue weighted by Crippen LogP contribution is 2.21. The van der Waals surface area contributed by atoms with Gasteiger partial charge in [0.15, 0.2) is 0 Å². The molecular formula is C12H15F3N2O3. The predicted molar refractivity (Wildman–Crippen MR) is 67.3 cm³/mol. The Bertz CT molecular complexity index is 464. The minimum Gasteiger partial charge on any atom is -0.462 e. The fourth-order valence-corrected chi connectivity index (χ4v) is 1.42. The average molecular weight is 292 g/mol. The molecule has 0 fully saturated rings. The molecular weight excluding hydrogens is 277 g/mol. The largest absolute Gasteiger partial charge is 0.522 e. The van der Waals surface area contributed by atoms with Crippen LogP contribution in [-0.2, 0) is 9.47 Å². The summed E-state index contributed by atoms with van der Waals surface area (Å²) in [4.78, 5) is 11.4. The van der Waals surface area contributed by atoms with E-state index in [2.05, 4.69) is 10.1 Å². The molecule has 0 aromatic heterocycles. The highest BCUT2D eigenvalue weighted by molar-refractivity contribution is 5.91. The molecule has 0 spiro atoms. The molecule has 112 valence electrons. The molecule has 0 aliphatic rings. The molecule has 1 aromatic carbocycles. The van der Waals surface area contributed by atoms with Crippen molar-refractivity contribution < 1.29 is 27.4 Å². The van der Waals surface area contributed by atoms with Gasteiger partial charge in [0.2, 0.25) is 0 Å². The first-order chi connectivity index (χ1) is 9.33. The number of ether oxygens (including phenoxy) is 2. The molecule has 0 aliphatic heterocycles. The number of hydrogen-bond acceptors (Lipinski definition) is 5. The van der Waals surface area contributed by atoms with E-state index < -0.39 is 18.9 Å². The smallest absolute Gasteiger partial charge is 0.462 e. The normalized spacial score (nSPS) is 11.2. The molecule has 0 atom stereocenters. The van der Waals surface area contributed by atoms with Crippen LogP contribution >= 0.6 is 0 Å². The Morgan fingerprint density at radius 2 is 2.10 bits per heavy atom. The van der Waals surface area contributed by atoms with E-state index in [1.54, 1.807) is 6.92 Å². The van der Waals surface area contributed by atoms with Crippen LogP contribution in [0.2, 0.25) is 0 Å². The number of esters is 1. The van der Waals surface area contributed by atoms with Crippen LogP contribution in [0.3, 0.4) is 0 Å². The molecule has 20 heavy (non-hydrogen) atoms. The Morgan fingerprint density at radius 1 is 1.40 bits per heavy atom. The van der Waals surface area contributed by atoms with Crippen molar-refractivity contribution in [1.29, 1.82) is 0 Å². The second-order valence-corrected chi connectivity index (χ2v) is 3.74. The Hall–Kier alpha value is -1.96. The summed E-state index contributed by atoms with van der Waals surface area (Å²) in [6.07, 6.45) is -4.65. The Kier molecular flexibility index (Phi) is 5.63. The van der Waals surface area contributed by atoms with E-state index in [0.717, 1.165) is 0 Å². The number of hydrogen-bond donors (Lipinski definition) is 2. The summed E-state index contributed by atoms with van der Waals surface area (Å²) in [7, 11) is 0. The maximum absolute atomic E-state index is 11.7. The van der Waals surface area contributed by atoms with Gasteiger partial charge >= 0.3 is 12.3 Å². The van der Waals surface area contributed by atoms with Crippen molar-refractivity contribution in [2.45, 2.75) is 13.3 Å². The van der Waals surface area contributed by atoms with Crippen LogP contribution in [0.4, 0.5) is 24.5 Å². The first-order valence-corrected chi connectivity index (χ1v) is 5.84. The fraction of sp³-hybridized carbons (Fsp3) is 0.417. The summed E-state index contributed by atoms with van der Waals surface area (Å²) in [6, 6.07) is 4.36. The van der Waals surface area contributed by atoms with E-state index in [9.17, 15) is 18.0 Å². The van der Waals surface area contributed by atoms with Crippen molar-refractivity contribution in [3.8, 4) is 0 Å². The monoisotopic (exact) mass is 292 g/mol. The molecule has 1 rings (SSSR count). The van der Waals surface area contributed by atoms with Gasteiger partial charge in [0.25, 0.3) is 0 Å². The van der Waals surface area contributed by atoms with Gasteiger partial charge in [-0.2, -0.15) is 0 Å². The minimum absolute atomic E-state index is 0.0670. The van der Waals surface area contributed by atoms with Crippen LogP contribution in [0.5, 0.6) is 0 Å². The van der Waals surface area contributed by atoms with E-state index in [-0.39, 0.29) is 24.4 Å². The SMILES string of the molecule is CCOC(=O)c1ccc(NCCOC(F)(F)F)c(N)c1. The lowest BCUT2D eigenvalue weighted by Crippen LogP contribution is -2.19. The quantitative estimate of drug-likeness (QED) is 0.478. The van der Waals surface area contributed by atoms with Crippen molar-refractivity contribution in [3.05, 3.63) is 23.8 Å². The number of nitrogens with one attached hydrogen (secondary N) is 1. The summed E-state index contributed by atoms with van der Waals surface area (Å²) >= 11 is 0. The number of rotatable bonds is 6. The maximum atomic E-state index is 11.7. The summed E-state index contributed by atoms with van der Waals surface area (Å²) < 4.78 is 43.7. The van der Waals surface area contributed by atoms with Gasteiger partial charge in [-0.25, -0.2) is 4.79 Å². The average Bonchev–Trinajstić information content (AvgIpc) is 2.35. The molecule has 8 heteroatoms. The summed E-state index contributed by atoms with van der Waals surface area (Å²) in [5, 5.41) is 2.68. The van der Waals surface area contributed by atoms with E-state index >= 15 is 0 Å². The highest BCUT2D eigenvalue weighted by atomic mass is 19.4. The molecule has 5 nitrogen and oxygen atoms in total. The lowest BCUT2D eigenvalue weighted by Gasteiger charge is -2.12. The second kappa shape index (κ2) is 6.99. The second-order valence-electron chi connectivity index (χ2n) is 3.74. The number of nitrogens with two attached hydrogens (primary N) is 1. The molecule has 0 radical (unpaired) electrons. The number of alkyl halides is 3. The van der Waals surface area contributed by atoms with Crippen LogP contribution in [0, 0.1) is 0 Å². The molecule has 0 heterocycles. The molecule has 0 saturated heterocycles. The van der Waals surface area contributed by atoms with Gasteiger partial charge < -0.3 is 15.8 Å². The van der Waals surface area contributed by atoms with Crippen LogP contribution in [-0.4, -0.2) is 32.1 Å². The van der Waals surface area contributed by atoms with Crippen molar-refractivity contribution in [3.63, 3.8) is 0 Å². The third-order valence-electron chi connectivity index (χ3n) is 2.25. The predicted octanol–water partition coefficient (Wildman–Crippen LogP) is 2.39. The molecule has 0 aliphatic carbocycles. The van der Waals surface area contributed by atoms with Crippen molar-refractivity contribution in [2.75, 3.05) is 30.8 Å². The Morgan fingerprint density at radius 3 is 2.65 bits per heavy atom. The standard InChI is InChI=1S/C12H15F3N2O3/c1-2-19-11(18)8-3-4-10(9(16)7-8)17-5-6-20-12(13,14)15/h3-4,7,17H,2,5-6,16H2,1H3. The first kappa shape index (κ1) is 16.1. The molecule has 0 unspecified atom stereocenters. The number of benzene rings is 1. The third kappa shape index (κ3) is 5.35. The van der Waals surface area contributed by atoms with Crippen LogP contribution in [0.25, 0.3) is 0 Å². The number of nitrogen functional groups attached to an aromatic ring is 1. The van der Waals surface area contributed by atoms with Gasteiger partial charge in [-0.15, -0.1) is 13.2 Å². The lowest BCUT2D eigenvalue weighted by molar-refractivity contribution is -0.322. The van der Waals surface area contributed by atoms with Crippen molar-refractivity contribution in [1.82, 2.24) is 0 Å². The van der Waals surface area contributed by atoms with Gasteiger partial charge in [0, 0.05) is 6.54 Å².